The van der Waals surface area contributed by atoms with Gasteiger partial charge in [0.05, 0.1) is 23.2 Å². The van der Waals surface area contributed by atoms with Crippen LogP contribution in [0.1, 0.15) is 49.7 Å². The van der Waals surface area contributed by atoms with Crippen LogP contribution in [0.15, 0.2) is 40.0 Å². The third-order valence-electron chi connectivity index (χ3n) is 6.50. The van der Waals surface area contributed by atoms with Crippen molar-refractivity contribution in [3.63, 3.8) is 0 Å². The third kappa shape index (κ3) is 5.18. The van der Waals surface area contributed by atoms with Crippen LogP contribution in [0, 0.1) is 12.8 Å². The number of pyridine rings is 1. The number of rotatable bonds is 8. The Hall–Kier alpha value is -3.76. The van der Waals surface area contributed by atoms with Crippen LogP contribution in [0.3, 0.4) is 0 Å². The zero-order chi connectivity index (χ0) is 24.2. The van der Waals surface area contributed by atoms with Crippen molar-refractivity contribution in [2.75, 3.05) is 6.54 Å². The van der Waals surface area contributed by atoms with E-state index in [4.69, 9.17) is 14.5 Å². The molecule has 2 aliphatic rings. The van der Waals surface area contributed by atoms with Crippen molar-refractivity contribution in [3.8, 4) is 23.0 Å². The molecular weight excluding hydrogens is 446 g/mol. The van der Waals surface area contributed by atoms with Crippen molar-refractivity contribution in [3.05, 3.63) is 41.6 Å². The smallest absolute Gasteiger partial charge is 0.216 e. The fourth-order valence-corrected chi connectivity index (χ4v) is 4.50. The normalized spacial score (nSPS) is 19.6. The summed E-state index contributed by atoms with van der Waals surface area (Å²) in [6.45, 7) is 4.88. The molecule has 11 nitrogen and oxygen atoms in total. The van der Waals surface area contributed by atoms with E-state index in [1.807, 2.05) is 39.1 Å². The lowest BCUT2D eigenvalue weighted by Gasteiger charge is -2.29. The van der Waals surface area contributed by atoms with Gasteiger partial charge >= 0.3 is 0 Å². The van der Waals surface area contributed by atoms with Gasteiger partial charge in [-0.2, -0.15) is 5.11 Å². The summed E-state index contributed by atoms with van der Waals surface area (Å²) in [7, 11) is 1.84. The van der Waals surface area contributed by atoms with Crippen LogP contribution in [0.5, 0.6) is 11.6 Å². The van der Waals surface area contributed by atoms with Crippen LogP contribution in [0.25, 0.3) is 11.4 Å². The number of aryl methyl sites for hydroxylation is 3. The Morgan fingerprint density at radius 1 is 1.17 bits per heavy atom. The van der Waals surface area contributed by atoms with Gasteiger partial charge in [-0.25, -0.2) is 19.6 Å². The molecule has 0 N–H and O–H groups in total. The zero-order valence-electron chi connectivity index (χ0n) is 20.3. The van der Waals surface area contributed by atoms with Crippen LogP contribution in [-0.2, 0) is 20.1 Å². The van der Waals surface area contributed by atoms with Crippen molar-refractivity contribution in [2.24, 2.45) is 28.4 Å². The first-order valence-corrected chi connectivity index (χ1v) is 12.0. The summed E-state index contributed by atoms with van der Waals surface area (Å²) in [6.07, 6.45) is 6.63. The number of hydrogen-bond acceptors (Lipinski definition) is 10. The predicted molar refractivity (Wildman–Crippen MR) is 128 cm³/mol. The molecule has 0 bridgehead atoms. The lowest BCUT2D eigenvalue weighted by molar-refractivity contribution is 0.139. The molecule has 0 radical (unpaired) electrons. The average Bonchev–Trinajstić information content (AvgIpc) is 3.55. The van der Waals surface area contributed by atoms with Crippen molar-refractivity contribution < 1.29 is 9.47 Å². The van der Waals surface area contributed by atoms with Crippen LogP contribution in [-0.4, -0.2) is 48.3 Å². The number of hydrogen-bond donors (Lipinski definition) is 0. The minimum atomic E-state index is 0.129. The van der Waals surface area contributed by atoms with E-state index in [-0.39, 0.29) is 12.7 Å². The highest BCUT2D eigenvalue weighted by Crippen LogP contribution is 2.32. The molecule has 1 aliphatic carbocycles. The summed E-state index contributed by atoms with van der Waals surface area (Å²) in [5.74, 6) is 1.70. The van der Waals surface area contributed by atoms with E-state index in [1.165, 1.54) is 6.33 Å². The molecule has 35 heavy (non-hydrogen) atoms. The number of ether oxygens (including phenoxy) is 2. The van der Waals surface area contributed by atoms with Gasteiger partial charge in [0, 0.05) is 24.7 Å². The fraction of sp³-hybridized carbons (Fsp3) is 0.500. The maximum Gasteiger partial charge on any atom is 0.216 e. The van der Waals surface area contributed by atoms with E-state index in [2.05, 4.69) is 35.7 Å². The molecule has 4 heterocycles. The Labute approximate surface area is 203 Å². The molecule has 0 aromatic carbocycles. The van der Waals surface area contributed by atoms with Crippen LogP contribution < -0.4 is 9.47 Å². The van der Waals surface area contributed by atoms with Gasteiger partial charge in [0.15, 0.2) is 0 Å². The Morgan fingerprint density at radius 2 is 2.09 bits per heavy atom. The van der Waals surface area contributed by atoms with E-state index in [1.54, 1.807) is 4.68 Å². The zero-order valence-corrected chi connectivity index (χ0v) is 20.3. The van der Waals surface area contributed by atoms with Crippen molar-refractivity contribution in [2.45, 2.75) is 58.7 Å². The predicted octanol–water partition coefficient (Wildman–Crippen LogP) is 3.88. The fourth-order valence-electron chi connectivity index (χ4n) is 4.50. The lowest BCUT2D eigenvalue weighted by atomic mass is 9.84. The summed E-state index contributed by atoms with van der Waals surface area (Å²) >= 11 is 0. The van der Waals surface area contributed by atoms with Gasteiger partial charge in [-0.1, -0.05) is 12.1 Å². The minimum Gasteiger partial charge on any atom is -0.489 e. The van der Waals surface area contributed by atoms with Gasteiger partial charge in [0.2, 0.25) is 5.88 Å². The van der Waals surface area contributed by atoms with E-state index >= 15 is 0 Å². The molecule has 3 aromatic heterocycles. The number of aromatic nitrogens is 6. The second-order valence-corrected chi connectivity index (χ2v) is 8.86. The van der Waals surface area contributed by atoms with E-state index < -0.39 is 0 Å². The first-order chi connectivity index (χ1) is 17.1. The maximum absolute atomic E-state index is 6.37. The van der Waals surface area contributed by atoms with Crippen molar-refractivity contribution >= 4 is 5.71 Å². The Kier molecular flexibility index (Phi) is 6.73. The highest BCUT2D eigenvalue weighted by molar-refractivity contribution is 5.89. The molecule has 3 aromatic rings. The molecule has 0 spiro atoms. The summed E-state index contributed by atoms with van der Waals surface area (Å²) in [5.41, 5.74) is 5.03. The molecule has 1 aliphatic heterocycles. The third-order valence-corrected chi connectivity index (χ3v) is 6.50. The SMILES string of the molecule is CCc1cc(OCc2c(-c3ccc(O[C@H]4CCC[C@H](C5=NN=NC5)C4)c(C)n3)nnn2C)ncn1. The first-order valence-electron chi connectivity index (χ1n) is 12.0. The van der Waals surface area contributed by atoms with E-state index in [9.17, 15) is 0 Å². The molecule has 2 atom stereocenters. The van der Waals surface area contributed by atoms with Crippen LogP contribution >= 0.6 is 0 Å². The molecule has 1 saturated carbocycles. The molecule has 11 heteroatoms. The Morgan fingerprint density at radius 3 is 2.89 bits per heavy atom. The highest BCUT2D eigenvalue weighted by Gasteiger charge is 2.28. The highest BCUT2D eigenvalue weighted by atomic mass is 16.5. The van der Waals surface area contributed by atoms with E-state index in [0.717, 1.165) is 66.3 Å². The topological polar surface area (TPSA) is 125 Å². The summed E-state index contributed by atoms with van der Waals surface area (Å²) in [6, 6.07) is 5.74. The largest absolute Gasteiger partial charge is 0.489 e. The second kappa shape index (κ2) is 10.2. The molecule has 0 unspecified atom stereocenters. The quantitative estimate of drug-likeness (QED) is 0.484. The summed E-state index contributed by atoms with van der Waals surface area (Å²) in [4.78, 5) is 13.2. The van der Waals surface area contributed by atoms with Crippen molar-refractivity contribution in [1.29, 1.82) is 0 Å². The van der Waals surface area contributed by atoms with Gasteiger partial charge in [0.25, 0.3) is 0 Å². The average molecular weight is 476 g/mol. The monoisotopic (exact) mass is 475 g/mol. The van der Waals surface area contributed by atoms with Gasteiger partial charge in [0.1, 0.15) is 36.6 Å². The van der Waals surface area contributed by atoms with Gasteiger partial charge < -0.3 is 9.47 Å². The van der Waals surface area contributed by atoms with Crippen molar-refractivity contribution in [1.82, 2.24) is 29.9 Å². The molecular formula is C24H29N9O2. The second-order valence-electron chi connectivity index (χ2n) is 8.86. The molecule has 0 amide bonds. The van der Waals surface area contributed by atoms with E-state index in [0.29, 0.717) is 24.0 Å². The molecule has 182 valence electrons. The molecule has 1 fully saturated rings. The van der Waals surface area contributed by atoms with Crippen LogP contribution in [0.4, 0.5) is 0 Å². The van der Waals surface area contributed by atoms with Crippen LogP contribution in [0.2, 0.25) is 0 Å². The lowest BCUT2D eigenvalue weighted by Crippen LogP contribution is -2.30. The maximum atomic E-state index is 6.37. The summed E-state index contributed by atoms with van der Waals surface area (Å²) in [5, 5.41) is 20.5. The van der Waals surface area contributed by atoms with Gasteiger partial charge in [-0.05, 0) is 56.4 Å². The number of nitrogens with zero attached hydrogens (tertiary/aromatic N) is 9. The minimum absolute atomic E-state index is 0.129. The Balaban J connectivity index is 1.28. The first kappa shape index (κ1) is 23.0. The van der Waals surface area contributed by atoms with Gasteiger partial charge in [-0.3, -0.25) is 0 Å². The summed E-state index contributed by atoms with van der Waals surface area (Å²) < 4.78 is 14.0. The molecule has 0 saturated heterocycles. The standard InChI is InChI=1S/C24H29N9O2/c1-4-17-11-23(26-14-25-17)34-13-21-24(30-32-33(21)3)19-8-9-22(15(2)28-19)35-18-7-5-6-16(10-18)20-12-27-31-29-20/h8-9,11,14,16,18H,4-7,10,12-13H2,1-3H3/t16-,18-/m0/s1. The van der Waals surface area contributed by atoms with Gasteiger partial charge in [-0.15, -0.1) is 10.2 Å². The molecule has 5 rings (SSSR count). The Bertz CT molecular complexity index is 1250.